The number of nitrogens with one attached hydrogen (secondary N) is 1. The number of halogens is 1. The number of hydrogen-bond donors (Lipinski definition) is 1. The molecule has 2 heterocycles. The van der Waals surface area contributed by atoms with Crippen LogP contribution in [0.2, 0.25) is 0 Å². The van der Waals surface area contributed by atoms with Crippen LogP contribution in [0.1, 0.15) is 9.75 Å². The number of thiazole rings is 1. The maximum absolute atomic E-state index is 8.63. The highest BCUT2D eigenvalue weighted by molar-refractivity contribution is 9.11. The summed E-state index contributed by atoms with van der Waals surface area (Å²) >= 11 is 6.46. The van der Waals surface area contributed by atoms with E-state index in [2.05, 4.69) is 38.4 Å². The average Bonchev–Trinajstić information content (AvgIpc) is 2.83. The Hall–Kier alpha value is -0.900. The Bertz CT molecular complexity index is 497. The van der Waals surface area contributed by atoms with Crippen LogP contribution in [0.5, 0.6) is 0 Å². The van der Waals surface area contributed by atoms with Crippen molar-refractivity contribution in [1.82, 2.24) is 4.98 Å². The molecule has 2 aromatic rings. The number of nitriles is 1. The molecule has 1 N–H and O–H groups in total. The van der Waals surface area contributed by atoms with Gasteiger partial charge in [0.25, 0.3) is 0 Å². The van der Waals surface area contributed by atoms with Crippen molar-refractivity contribution in [3.63, 3.8) is 0 Å². The molecule has 3 nitrogen and oxygen atoms in total. The first-order valence-corrected chi connectivity index (χ1v) is 6.54. The van der Waals surface area contributed by atoms with E-state index in [4.69, 9.17) is 5.26 Å². The van der Waals surface area contributed by atoms with Crippen molar-refractivity contribution in [3.05, 3.63) is 31.9 Å². The molecule has 0 radical (unpaired) electrons. The van der Waals surface area contributed by atoms with E-state index in [1.165, 1.54) is 16.2 Å². The number of rotatable bonds is 3. The van der Waals surface area contributed by atoms with Crippen LogP contribution in [0.3, 0.4) is 0 Å². The van der Waals surface area contributed by atoms with Gasteiger partial charge in [-0.2, -0.15) is 5.26 Å². The Kier molecular flexibility index (Phi) is 3.36. The lowest BCUT2D eigenvalue weighted by atomic mass is 10.5. The summed E-state index contributed by atoms with van der Waals surface area (Å²) in [5, 5.41) is 12.6. The number of hydrogen-bond acceptors (Lipinski definition) is 5. The monoisotopic (exact) mass is 299 g/mol. The fraction of sp³-hybridized carbons (Fsp3) is 0.111. The summed E-state index contributed by atoms with van der Waals surface area (Å²) in [6.45, 7) is 0.745. The lowest BCUT2D eigenvalue weighted by molar-refractivity contribution is 1.17. The van der Waals surface area contributed by atoms with Crippen molar-refractivity contribution in [2.45, 2.75) is 6.54 Å². The predicted molar refractivity (Wildman–Crippen MR) is 66.2 cm³/mol. The van der Waals surface area contributed by atoms with Gasteiger partial charge in [0.15, 0.2) is 5.13 Å². The highest BCUT2D eigenvalue weighted by atomic mass is 79.9. The highest BCUT2D eigenvalue weighted by Crippen LogP contribution is 2.24. The van der Waals surface area contributed by atoms with E-state index in [-0.39, 0.29) is 0 Å². The number of thiophene rings is 1. The standard InChI is InChI=1S/C9H6BrN3S2/c10-8-2-1-6(14-8)4-12-9-13-5-7(3-11)15-9/h1-2,5H,4H2,(H,12,13). The molecular weight excluding hydrogens is 294 g/mol. The van der Waals surface area contributed by atoms with Crippen LogP contribution in [0.25, 0.3) is 0 Å². The third-order valence-corrected chi connectivity index (χ3v) is 4.14. The Labute approximate surface area is 104 Å². The molecule has 0 atom stereocenters. The predicted octanol–water partition coefficient (Wildman–Crippen LogP) is 3.45. The van der Waals surface area contributed by atoms with Gasteiger partial charge in [0, 0.05) is 4.88 Å². The van der Waals surface area contributed by atoms with Crippen molar-refractivity contribution in [2.75, 3.05) is 5.32 Å². The summed E-state index contributed by atoms with van der Waals surface area (Å²) in [5.74, 6) is 0. The number of aromatic nitrogens is 1. The maximum Gasteiger partial charge on any atom is 0.184 e. The zero-order valence-corrected chi connectivity index (χ0v) is 10.7. The van der Waals surface area contributed by atoms with E-state index in [9.17, 15) is 0 Å². The first-order chi connectivity index (χ1) is 7.28. The zero-order chi connectivity index (χ0) is 10.7. The molecule has 15 heavy (non-hydrogen) atoms. The molecule has 76 valence electrons. The van der Waals surface area contributed by atoms with Crippen molar-refractivity contribution in [3.8, 4) is 6.07 Å². The lowest BCUT2D eigenvalue weighted by Crippen LogP contribution is -1.95. The van der Waals surface area contributed by atoms with Gasteiger partial charge in [-0.25, -0.2) is 4.98 Å². The van der Waals surface area contributed by atoms with E-state index in [1.807, 2.05) is 6.07 Å². The number of anilines is 1. The van der Waals surface area contributed by atoms with E-state index in [1.54, 1.807) is 17.5 Å². The molecule has 0 aromatic carbocycles. The molecule has 0 unspecified atom stereocenters. The fourth-order valence-electron chi connectivity index (χ4n) is 1.02. The quantitative estimate of drug-likeness (QED) is 0.944. The largest absolute Gasteiger partial charge is 0.357 e. The second kappa shape index (κ2) is 4.75. The molecule has 0 spiro atoms. The Morgan fingerprint density at radius 1 is 1.47 bits per heavy atom. The molecule has 0 saturated carbocycles. The molecule has 0 bridgehead atoms. The van der Waals surface area contributed by atoms with Crippen LogP contribution in [0.15, 0.2) is 22.1 Å². The molecule has 2 rings (SSSR count). The SMILES string of the molecule is N#Cc1cnc(NCc2ccc(Br)s2)s1. The van der Waals surface area contributed by atoms with Crippen molar-refractivity contribution >= 4 is 43.7 Å². The van der Waals surface area contributed by atoms with Crippen molar-refractivity contribution in [1.29, 1.82) is 5.26 Å². The molecule has 6 heteroatoms. The third-order valence-electron chi connectivity index (χ3n) is 1.66. The minimum absolute atomic E-state index is 0.630. The van der Waals surface area contributed by atoms with Crippen molar-refractivity contribution in [2.24, 2.45) is 0 Å². The van der Waals surface area contributed by atoms with Gasteiger partial charge in [0.05, 0.1) is 16.5 Å². The maximum atomic E-state index is 8.63. The van der Waals surface area contributed by atoms with Gasteiger partial charge in [-0.3, -0.25) is 0 Å². The molecule has 0 fully saturated rings. The summed E-state index contributed by atoms with van der Waals surface area (Å²) in [7, 11) is 0. The van der Waals surface area contributed by atoms with E-state index >= 15 is 0 Å². The van der Waals surface area contributed by atoms with Gasteiger partial charge in [0.2, 0.25) is 0 Å². The summed E-state index contributed by atoms with van der Waals surface area (Å²) < 4.78 is 1.12. The fourth-order valence-corrected chi connectivity index (χ4v) is 3.05. The molecular formula is C9H6BrN3S2. The van der Waals surface area contributed by atoms with Crippen LogP contribution < -0.4 is 5.32 Å². The lowest BCUT2D eigenvalue weighted by Gasteiger charge is -1.97. The van der Waals surface area contributed by atoms with Crippen LogP contribution in [-0.2, 0) is 6.54 Å². The molecule has 0 aliphatic heterocycles. The van der Waals surface area contributed by atoms with Gasteiger partial charge in [-0.15, -0.1) is 11.3 Å². The van der Waals surface area contributed by atoms with Crippen LogP contribution in [0.4, 0.5) is 5.13 Å². The topological polar surface area (TPSA) is 48.7 Å². The van der Waals surface area contributed by atoms with Crippen LogP contribution in [-0.4, -0.2) is 4.98 Å². The minimum Gasteiger partial charge on any atom is -0.357 e. The van der Waals surface area contributed by atoms with Gasteiger partial charge in [0.1, 0.15) is 10.9 Å². The average molecular weight is 300 g/mol. The minimum atomic E-state index is 0.630. The van der Waals surface area contributed by atoms with Gasteiger partial charge >= 0.3 is 0 Å². The highest BCUT2D eigenvalue weighted by Gasteiger charge is 2.01. The second-order valence-electron chi connectivity index (χ2n) is 2.70. The van der Waals surface area contributed by atoms with E-state index in [0.717, 1.165) is 15.5 Å². The van der Waals surface area contributed by atoms with E-state index < -0.39 is 0 Å². The first kappa shape index (κ1) is 10.6. The smallest absolute Gasteiger partial charge is 0.184 e. The normalized spacial score (nSPS) is 9.87. The van der Waals surface area contributed by atoms with Crippen LogP contribution >= 0.6 is 38.6 Å². The van der Waals surface area contributed by atoms with E-state index in [0.29, 0.717) is 4.88 Å². The summed E-state index contributed by atoms with van der Waals surface area (Å²) in [6.07, 6.45) is 1.58. The van der Waals surface area contributed by atoms with Gasteiger partial charge < -0.3 is 5.32 Å². The second-order valence-corrected chi connectivity index (χ2v) is 6.28. The Morgan fingerprint density at radius 2 is 2.33 bits per heavy atom. The molecule has 0 saturated heterocycles. The molecule has 0 aliphatic carbocycles. The number of nitrogens with zero attached hydrogens (tertiary/aromatic N) is 2. The third kappa shape index (κ3) is 2.78. The summed E-state index contributed by atoms with van der Waals surface area (Å²) in [5.41, 5.74) is 0. The van der Waals surface area contributed by atoms with Crippen molar-refractivity contribution < 1.29 is 0 Å². The van der Waals surface area contributed by atoms with Gasteiger partial charge in [-0.1, -0.05) is 11.3 Å². The zero-order valence-electron chi connectivity index (χ0n) is 7.53. The Balaban J connectivity index is 1.96. The molecule has 2 aromatic heterocycles. The summed E-state index contributed by atoms with van der Waals surface area (Å²) in [6, 6.07) is 6.13. The van der Waals surface area contributed by atoms with Crippen LogP contribution in [0, 0.1) is 11.3 Å². The molecule has 0 amide bonds. The first-order valence-electron chi connectivity index (χ1n) is 4.12. The Morgan fingerprint density at radius 3 is 2.93 bits per heavy atom. The summed E-state index contributed by atoms with van der Waals surface area (Å²) in [4.78, 5) is 5.95. The molecule has 0 aliphatic rings. The van der Waals surface area contributed by atoms with Gasteiger partial charge in [-0.05, 0) is 28.1 Å².